The van der Waals surface area contributed by atoms with Gasteiger partial charge in [-0.25, -0.2) is 4.79 Å². The standard InChI is InChI=1S/C6H6O2/c7-5(8)4-3-6(4)1-2-6/h3H,1-2H2,(H,7,8). The van der Waals surface area contributed by atoms with Crippen LogP contribution in [0.3, 0.4) is 0 Å². The molecule has 1 spiro atoms. The van der Waals surface area contributed by atoms with Crippen molar-refractivity contribution in [1.82, 2.24) is 0 Å². The third-order valence-electron chi connectivity index (χ3n) is 1.89. The highest BCUT2D eigenvalue weighted by Gasteiger charge is 2.57. The van der Waals surface area contributed by atoms with Crippen molar-refractivity contribution >= 4 is 5.97 Å². The fourth-order valence-electron chi connectivity index (χ4n) is 1.06. The molecule has 2 rings (SSSR count). The van der Waals surface area contributed by atoms with E-state index in [1.807, 2.05) is 6.08 Å². The summed E-state index contributed by atoms with van der Waals surface area (Å²) in [5.41, 5.74) is 0.781. The predicted molar refractivity (Wildman–Crippen MR) is 27.4 cm³/mol. The summed E-state index contributed by atoms with van der Waals surface area (Å²) in [6.07, 6.45) is 4.01. The van der Waals surface area contributed by atoms with Crippen LogP contribution in [-0.4, -0.2) is 11.1 Å². The Morgan fingerprint density at radius 3 is 2.50 bits per heavy atom. The monoisotopic (exact) mass is 110 g/mol. The quantitative estimate of drug-likeness (QED) is 0.541. The SMILES string of the molecule is O=C(O)C1=CC12CC2. The molecule has 0 radical (unpaired) electrons. The molecule has 8 heavy (non-hydrogen) atoms. The second-order valence-electron chi connectivity index (χ2n) is 2.52. The molecule has 1 saturated carbocycles. The van der Waals surface area contributed by atoms with E-state index in [1.165, 1.54) is 0 Å². The van der Waals surface area contributed by atoms with Crippen LogP contribution >= 0.6 is 0 Å². The van der Waals surface area contributed by atoms with Crippen molar-refractivity contribution in [2.75, 3.05) is 0 Å². The molecule has 0 bridgehead atoms. The van der Waals surface area contributed by atoms with Gasteiger partial charge < -0.3 is 5.11 Å². The highest BCUT2D eigenvalue weighted by molar-refractivity contribution is 5.95. The van der Waals surface area contributed by atoms with E-state index < -0.39 is 5.97 Å². The Balaban J connectivity index is 2.14. The average molecular weight is 110 g/mol. The number of rotatable bonds is 1. The molecule has 0 unspecified atom stereocenters. The highest BCUT2D eigenvalue weighted by Crippen LogP contribution is 2.64. The Kier molecular flexibility index (Phi) is 0.430. The summed E-state index contributed by atoms with van der Waals surface area (Å²) in [6, 6.07) is 0. The van der Waals surface area contributed by atoms with Crippen LogP contribution in [0.15, 0.2) is 11.6 Å². The zero-order valence-electron chi connectivity index (χ0n) is 4.35. The minimum atomic E-state index is -0.720. The molecular weight excluding hydrogens is 104 g/mol. The van der Waals surface area contributed by atoms with Crippen molar-refractivity contribution < 1.29 is 9.90 Å². The number of hydrogen-bond acceptors (Lipinski definition) is 1. The lowest BCUT2D eigenvalue weighted by Gasteiger charge is -1.82. The number of carboxylic acids is 1. The first-order chi connectivity index (χ1) is 3.75. The van der Waals surface area contributed by atoms with Crippen molar-refractivity contribution in [2.24, 2.45) is 5.41 Å². The van der Waals surface area contributed by atoms with Gasteiger partial charge in [0.05, 0.1) is 0 Å². The number of allylic oxidation sites excluding steroid dienone is 1. The Hall–Kier alpha value is -0.790. The molecule has 1 N–H and O–H groups in total. The Morgan fingerprint density at radius 1 is 1.75 bits per heavy atom. The van der Waals surface area contributed by atoms with Crippen LogP contribution in [0, 0.1) is 5.41 Å². The van der Waals surface area contributed by atoms with Gasteiger partial charge in [0, 0.05) is 11.0 Å². The Bertz CT molecular complexity index is 187. The number of hydrogen-bond donors (Lipinski definition) is 1. The molecular formula is C6H6O2. The summed E-state index contributed by atoms with van der Waals surface area (Å²) < 4.78 is 0. The van der Waals surface area contributed by atoms with E-state index in [0.717, 1.165) is 12.8 Å². The molecule has 2 heteroatoms. The van der Waals surface area contributed by atoms with Crippen LogP contribution in [0.25, 0.3) is 0 Å². The first kappa shape index (κ1) is 4.13. The number of carbonyl (C=O) groups is 1. The molecule has 0 saturated heterocycles. The van der Waals surface area contributed by atoms with Gasteiger partial charge in [-0.1, -0.05) is 6.08 Å². The summed E-state index contributed by atoms with van der Waals surface area (Å²) in [4.78, 5) is 10.1. The maximum atomic E-state index is 10.1. The molecule has 2 nitrogen and oxygen atoms in total. The molecule has 0 aromatic carbocycles. The van der Waals surface area contributed by atoms with Crippen molar-refractivity contribution in [3.05, 3.63) is 11.6 Å². The topological polar surface area (TPSA) is 37.3 Å². The van der Waals surface area contributed by atoms with Gasteiger partial charge in [0.25, 0.3) is 0 Å². The largest absolute Gasteiger partial charge is 0.478 e. The first-order valence-electron chi connectivity index (χ1n) is 2.71. The molecule has 2 aliphatic carbocycles. The van der Waals surface area contributed by atoms with Crippen LogP contribution in [0.4, 0.5) is 0 Å². The summed E-state index contributed by atoms with van der Waals surface area (Å²) in [6.45, 7) is 0. The lowest BCUT2D eigenvalue weighted by atomic mass is 10.3. The van der Waals surface area contributed by atoms with E-state index in [1.54, 1.807) is 0 Å². The molecule has 42 valence electrons. The normalized spacial score (nSPS) is 27.2. The van der Waals surface area contributed by atoms with Crippen molar-refractivity contribution in [1.29, 1.82) is 0 Å². The molecule has 0 aromatic rings. The molecule has 0 amide bonds. The van der Waals surface area contributed by atoms with Gasteiger partial charge in [-0.2, -0.15) is 0 Å². The van der Waals surface area contributed by atoms with Crippen LogP contribution < -0.4 is 0 Å². The smallest absolute Gasteiger partial charge is 0.332 e. The highest BCUT2D eigenvalue weighted by atomic mass is 16.4. The third kappa shape index (κ3) is 0.312. The van der Waals surface area contributed by atoms with E-state index in [2.05, 4.69) is 0 Å². The zero-order chi connectivity index (χ0) is 5.78. The van der Waals surface area contributed by atoms with Gasteiger partial charge in [-0.05, 0) is 12.8 Å². The van der Waals surface area contributed by atoms with Crippen molar-refractivity contribution in [2.45, 2.75) is 12.8 Å². The molecule has 0 aliphatic heterocycles. The van der Waals surface area contributed by atoms with E-state index >= 15 is 0 Å². The van der Waals surface area contributed by atoms with Crippen LogP contribution in [0.1, 0.15) is 12.8 Å². The lowest BCUT2D eigenvalue weighted by molar-refractivity contribution is -0.132. The van der Waals surface area contributed by atoms with Crippen LogP contribution in [-0.2, 0) is 4.79 Å². The zero-order valence-corrected chi connectivity index (χ0v) is 4.35. The van der Waals surface area contributed by atoms with Gasteiger partial charge in [0.2, 0.25) is 0 Å². The lowest BCUT2D eigenvalue weighted by Crippen LogP contribution is -1.93. The fourth-order valence-corrected chi connectivity index (χ4v) is 1.06. The average Bonchev–Trinajstić information content (AvgIpc) is 2.50. The van der Waals surface area contributed by atoms with Gasteiger partial charge in [0.15, 0.2) is 0 Å². The maximum absolute atomic E-state index is 10.1. The molecule has 0 heterocycles. The van der Waals surface area contributed by atoms with Gasteiger partial charge >= 0.3 is 5.97 Å². The number of carboxylic acid groups (broad SMARTS) is 1. The third-order valence-corrected chi connectivity index (χ3v) is 1.89. The van der Waals surface area contributed by atoms with E-state index in [-0.39, 0.29) is 5.41 Å². The second-order valence-corrected chi connectivity index (χ2v) is 2.52. The summed E-state index contributed by atoms with van der Waals surface area (Å²) in [5.74, 6) is -0.720. The van der Waals surface area contributed by atoms with E-state index in [0.29, 0.717) is 5.57 Å². The van der Waals surface area contributed by atoms with Gasteiger partial charge in [0.1, 0.15) is 0 Å². The second kappa shape index (κ2) is 0.835. The van der Waals surface area contributed by atoms with Crippen LogP contribution in [0.5, 0.6) is 0 Å². The number of aliphatic carboxylic acids is 1. The Morgan fingerprint density at radius 2 is 2.38 bits per heavy atom. The van der Waals surface area contributed by atoms with Gasteiger partial charge in [-0.15, -0.1) is 0 Å². The predicted octanol–water partition coefficient (Wildman–Crippen LogP) is 0.791. The van der Waals surface area contributed by atoms with Crippen LogP contribution in [0.2, 0.25) is 0 Å². The molecule has 0 atom stereocenters. The van der Waals surface area contributed by atoms with E-state index in [9.17, 15) is 4.79 Å². The summed E-state index contributed by atoms with van der Waals surface area (Å²) in [5, 5.41) is 8.36. The molecule has 1 fully saturated rings. The minimum Gasteiger partial charge on any atom is -0.478 e. The minimum absolute atomic E-state index is 0.131. The van der Waals surface area contributed by atoms with Crippen molar-refractivity contribution in [3.63, 3.8) is 0 Å². The molecule has 0 aromatic heterocycles. The molecule has 2 aliphatic rings. The summed E-state index contributed by atoms with van der Waals surface area (Å²) >= 11 is 0. The summed E-state index contributed by atoms with van der Waals surface area (Å²) in [7, 11) is 0. The van der Waals surface area contributed by atoms with Crippen molar-refractivity contribution in [3.8, 4) is 0 Å². The fraction of sp³-hybridized carbons (Fsp3) is 0.500. The Labute approximate surface area is 46.8 Å². The maximum Gasteiger partial charge on any atom is 0.332 e. The van der Waals surface area contributed by atoms with Gasteiger partial charge in [-0.3, -0.25) is 0 Å². The van der Waals surface area contributed by atoms with E-state index in [4.69, 9.17) is 5.11 Å². The first-order valence-corrected chi connectivity index (χ1v) is 2.71.